The fourth-order valence-electron chi connectivity index (χ4n) is 4.08. The minimum absolute atomic E-state index is 0.142. The fourth-order valence-corrected chi connectivity index (χ4v) is 4.08. The van der Waals surface area contributed by atoms with Crippen LogP contribution >= 0.6 is 0 Å². The summed E-state index contributed by atoms with van der Waals surface area (Å²) in [6.07, 6.45) is 3.87. The van der Waals surface area contributed by atoms with E-state index in [-0.39, 0.29) is 17.9 Å². The summed E-state index contributed by atoms with van der Waals surface area (Å²) in [6, 6.07) is -0.383. The van der Waals surface area contributed by atoms with Gasteiger partial charge < -0.3 is 20.3 Å². The lowest BCUT2D eigenvalue weighted by Crippen LogP contribution is -2.55. The molecule has 3 saturated heterocycles. The van der Waals surface area contributed by atoms with Gasteiger partial charge in [0.2, 0.25) is 0 Å². The Labute approximate surface area is 155 Å². The predicted octanol–water partition coefficient (Wildman–Crippen LogP) is 0.689. The van der Waals surface area contributed by atoms with Crippen LogP contribution in [0.3, 0.4) is 0 Å². The lowest BCUT2D eigenvalue weighted by molar-refractivity contribution is -0.125. The second-order valence-corrected chi connectivity index (χ2v) is 7.62. The maximum Gasteiger partial charge on any atom is 0.322 e. The lowest BCUT2D eigenvalue weighted by atomic mass is 9.79. The number of urea groups is 1. The van der Waals surface area contributed by atoms with Crippen LogP contribution in [0.2, 0.25) is 0 Å². The molecule has 8 heteroatoms. The van der Waals surface area contributed by atoms with E-state index in [0.29, 0.717) is 5.92 Å². The van der Waals surface area contributed by atoms with Crippen molar-refractivity contribution < 1.29 is 14.3 Å². The van der Waals surface area contributed by atoms with Crippen molar-refractivity contribution in [3.8, 4) is 0 Å². The van der Waals surface area contributed by atoms with Crippen LogP contribution in [0.15, 0.2) is 4.99 Å². The molecule has 3 aliphatic rings. The highest BCUT2D eigenvalue weighted by Crippen LogP contribution is 2.30. The zero-order chi connectivity index (χ0) is 18.6. The van der Waals surface area contributed by atoms with E-state index >= 15 is 0 Å². The minimum Gasteiger partial charge on any atom is -0.381 e. The van der Waals surface area contributed by atoms with Crippen LogP contribution in [0.25, 0.3) is 0 Å². The normalized spacial score (nSPS) is 28.8. The number of likely N-dealkylation sites (tertiary alicyclic amines) is 1. The number of imide groups is 1. The largest absolute Gasteiger partial charge is 0.381 e. The SMILES string of the molecule is CCNC(=NCC1CCOCC1)N1CCC(C2(C)NC(=O)NC2=O)CC1. The number of nitrogens with one attached hydrogen (secondary N) is 3. The smallest absolute Gasteiger partial charge is 0.322 e. The lowest BCUT2D eigenvalue weighted by Gasteiger charge is -2.39. The molecule has 3 amide bonds. The Morgan fingerprint density at radius 3 is 2.54 bits per heavy atom. The van der Waals surface area contributed by atoms with E-state index in [9.17, 15) is 9.59 Å². The monoisotopic (exact) mass is 365 g/mol. The van der Waals surface area contributed by atoms with Crippen molar-refractivity contribution in [1.82, 2.24) is 20.9 Å². The van der Waals surface area contributed by atoms with Crippen molar-refractivity contribution in [3.63, 3.8) is 0 Å². The number of hydrogen-bond acceptors (Lipinski definition) is 4. The van der Waals surface area contributed by atoms with Crippen molar-refractivity contribution >= 4 is 17.9 Å². The van der Waals surface area contributed by atoms with Crippen LogP contribution in [0, 0.1) is 11.8 Å². The second-order valence-electron chi connectivity index (χ2n) is 7.62. The second kappa shape index (κ2) is 8.24. The molecule has 8 nitrogen and oxygen atoms in total. The minimum atomic E-state index is -0.791. The third-order valence-corrected chi connectivity index (χ3v) is 5.86. The van der Waals surface area contributed by atoms with Gasteiger partial charge in [-0.15, -0.1) is 0 Å². The van der Waals surface area contributed by atoms with Crippen molar-refractivity contribution in [2.24, 2.45) is 16.8 Å². The molecule has 0 aromatic carbocycles. The fraction of sp³-hybridized carbons (Fsp3) is 0.833. The number of aliphatic imine (C=N–C) groups is 1. The number of ether oxygens (including phenoxy) is 1. The van der Waals surface area contributed by atoms with E-state index < -0.39 is 5.54 Å². The molecule has 3 fully saturated rings. The molecule has 0 saturated carbocycles. The topological polar surface area (TPSA) is 95.1 Å². The van der Waals surface area contributed by atoms with Gasteiger partial charge in [0.25, 0.3) is 5.91 Å². The van der Waals surface area contributed by atoms with Gasteiger partial charge in [-0.3, -0.25) is 15.1 Å². The van der Waals surface area contributed by atoms with Crippen LogP contribution in [-0.4, -0.2) is 67.7 Å². The highest BCUT2D eigenvalue weighted by atomic mass is 16.5. The molecule has 3 N–H and O–H groups in total. The Kier molecular flexibility index (Phi) is 6.01. The molecule has 0 bridgehead atoms. The number of carbonyl (C=O) groups excluding carboxylic acids is 2. The highest BCUT2D eigenvalue weighted by molar-refractivity contribution is 6.07. The van der Waals surface area contributed by atoms with Gasteiger partial charge in [-0.2, -0.15) is 0 Å². The van der Waals surface area contributed by atoms with Gasteiger partial charge in [-0.25, -0.2) is 4.79 Å². The van der Waals surface area contributed by atoms with E-state index in [1.807, 2.05) is 6.92 Å². The van der Waals surface area contributed by atoms with Crippen molar-refractivity contribution in [2.75, 3.05) is 39.4 Å². The van der Waals surface area contributed by atoms with Gasteiger partial charge in [-0.1, -0.05) is 0 Å². The molecule has 0 aromatic rings. The molecule has 3 aliphatic heterocycles. The molecule has 146 valence electrons. The zero-order valence-electron chi connectivity index (χ0n) is 15.8. The number of guanidine groups is 1. The number of piperidine rings is 1. The molecule has 3 heterocycles. The van der Waals surface area contributed by atoms with Gasteiger partial charge in [0.05, 0.1) is 0 Å². The number of rotatable bonds is 4. The van der Waals surface area contributed by atoms with Crippen LogP contribution < -0.4 is 16.0 Å². The van der Waals surface area contributed by atoms with Crippen LogP contribution in [0.4, 0.5) is 4.79 Å². The predicted molar refractivity (Wildman–Crippen MR) is 98.9 cm³/mol. The first-order valence-corrected chi connectivity index (χ1v) is 9.77. The first-order chi connectivity index (χ1) is 12.5. The van der Waals surface area contributed by atoms with Gasteiger partial charge in [0, 0.05) is 39.4 Å². The molecule has 0 spiro atoms. The average molecular weight is 365 g/mol. The van der Waals surface area contributed by atoms with Crippen LogP contribution in [0.5, 0.6) is 0 Å². The first kappa shape index (κ1) is 18.9. The molecule has 0 aromatic heterocycles. The summed E-state index contributed by atoms with van der Waals surface area (Å²) in [4.78, 5) is 30.8. The van der Waals surface area contributed by atoms with Crippen molar-refractivity contribution in [1.29, 1.82) is 0 Å². The summed E-state index contributed by atoms with van der Waals surface area (Å²) >= 11 is 0. The first-order valence-electron chi connectivity index (χ1n) is 9.77. The molecule has 0 radical (unpaired) electrons. The Bertz CT molecular complexity index is 553. The molecule has 0 aliphatic carbocycles. The van der Waals surface area contributed by atoms with Crippen molar-refractivity contribution in [2.45, 2.75) is 45.1 Å². The summed E-state index contributed by atoms with van der Waals surface area (Å²) in [5, 5.41) is 8.58. The van der Waals surface area contributed by atoms with E-state index in [1.165, 1.54) is 0 Å². The Hall–Kier alpha value is -1.83. The average Bonchev–Trinajstić information content (AvgIpc) is 2.92. The molecule has 1 atom stereocenters. The maximum absolute atomic E-state index is 12.1. The number of hydrogen-bond donors (Lipinski definition) is 3. The third kappa shape index (κ3) is 4.11. The number of nitrogens with zero attached hydrogens (tertiary/aromatic N) is 2. The standard InChI is InChI=1S/C18H31N5O3/c1-3-19-16(20-12-13-6-10-26-11-7-13)23-8-4-14(5-9-23)18(2)15(24)21-17(25)22-18/h13-14H,3-12H2,1-2H3,(H,19,20)(H2,21,22,24,25). The number of carbonyl (C=O) groups is 2. The van der Waals surface area contributed by atoms with Crippen molar-refractivity contribution in [3.05, 3.63) is 0 Å². The maximum atomic E-state index is 12.1. The summed E-state index contributed by atoms with van der Waals surface area (Å²) in [7, 11) is 0. The van der Waals surface area contributed by atoms with Gasteiger partial charge >= 0.3 is 6.03 Å². The summed E-state index contributed by atoms with van der Waals surface area (Å²) in [5.74, 6) is 1.50. The quantitative estimate of drug-likeness (QED) is 0.387. The Morgan fingerprint density at radius 2 is 1.96 bits per heavy atom. The molecular weight excluding hydrogens is 334 g/mol. The summed E-state index contributed by atoms with van der Waals surface area (Å²) in [6.45, 7) is 8.94. The van der Waals surface area contributed by atoms with E-state index in [4.69, 9.17) is 9.73 Å². The van der Waals surface area contributed by atoms with Crippen LogP contribution in [0.1, 0.15) is 39.5 Å². The van der Waals surface area contributed by atoms with Gasteiger partial charge in [-0.05, 0) is 51.4 Å². The molecule has 3 rings (SSSR count). The zero-order valence-corrected chi connectivity index (χ0v) is 15.8. The molecular formula is C18H31N5O3. The van der Waals surface area contributed by atoms with E-state index in [0.717, 1.165) is 71.0 Å². The van der Waals surface area contributed by atoms with E-state index in [2.05, 4.69) is 27.8 Å². The van der Waals surface area contributed by atoms with Gasteiger partial charge in [0.1, 0.15) is 5.54 Å². The Morgan fingerprint density at radius 1 is 1.27 bits per heavy atom. The molecule has 26 heavy (non-hydrogen) atoms. The number of amides is 3. The third-order valence-electron chi connectivity index (χ3n) is 5.86. The summed E-state index contributed by atoms with van der Waals surface area (Å²) in [5.41, 5.74) is -0.791. The van der Waals surface area contributed by atoms with Crippen LogP contribution in [-0.2, 0) is 9.53 Å². The van der Waals surface area contributed by atoms with E-state index in [1.54, 1.807) is 0 Å². The Balaban J connectivity index is 1.57. The molecule has 1 unspecified atom stereocenters. The summed E-state index contributed by atoms with van der Waals surface area (Å²) < 4.78 is 5.42. The highest BCUT2D eigenvalue weighted by Gasteiger charge is 2.48. The van der Waals surface area contributed by atoms with Gasteiger partial charge in [0.15, 0.2) is 5.96 Å².